The van der Waals surface area contributed by atoms with Crippen molar-refractivity contribution in [2.75, 3.05) is 16.8 Å². The number of rotatable bonds is 9. The van der Waals surface area contributed by atoms with E-state index in [0.29, 0.717) is 39.8 Å². The van der Waals surface area contributed by atoms with Crippen LogP contribution in [0.15, 0.2) is 83.9 Å². The summed E-state index contributed by atoms with van der Waals surface area (Å²) in [5, 5.41) is 3.35. The van der Waals surface area contributed by atoms with Gasteiger partial charge < -0.3 is 9.47 Å². The van der Waals surface area contributed by atoms with Crippen molar-refractivity contribution in [1.29, 1.82) is 0 Å². The SMILES string of the molecule is CC(C)OC(=O)Nc1ccc(-c2ncc(-c3ccc(N4CC(Cc5ccccc5)OC4=O)cc3S(=O)(=O)NC(C)(C)C)s2)cc1. The van der Waals surface area contributed by atoms with E-state index in [1.807, 2.05) is 42.5 Å². The lowest BCUT2D eigenvalue weighted by Crippen LogP contribution is -2.40. The number of amides is 2. The number of nitrogens with one attached hydrogen (secondary N) is 2. The van der Waals surface area contributed by atoms with Crippen LogP contribution >= 0.6 is 11.3 Å². The van der Waals surface area contributed by atoms with Crippen LogP contribution in [0.3, 0.4) is 0 Å². The summed E-state index contributed by atoms with van der Waals surface area (Å²) >= 11 is 1.34. The molecule has 5 rings (SSSR count). The highest BCUT2D eigenvalue weighted by atomic mass is 32.2. The van der Waals surface area contributed by atoms with Crippen LogP contribution in [0.2, 0.25) is 0 Å². The van der Waals surface area contributed by atoms with Crippen LogP contribution in [0.4, 0.5) is 21.0 Å². The van der Waals surface area contributed by atoms with Gasteiger partial charge in [-0.05, 0) is 76.6 Å². The van der Waals surface area contributed by atoms with Crippen molar-refractivity contribution in [3.05, 3.63) is 84.6 Å². The second-order valence-corrected chi connectivity index (χ2v) is 14.7. The van der Waals surface area contributed by atoms with Gasteiger partial charge in [-0.1, -0.05) is 36.4 Å². The fraction of sp³-hybridized carbons (Fsp3) is 0.303. The first-order valence-corrected chi connectivity index (χ1v) is 16.8. The van der Waals surface area contributed by atoms with Crippen LogP contribution in [-0.4, -0.2) is 49.9 Å². The third-order valence-electron chi connectivity index (χ3n) is 6.68. The first-order chi connectivity index (χ1) is 21.3. The Hall–Kier alpha value is -4.26. The number of benzene rings is 3. The van der Waals surface area contributed by atoms with E-state index in [2.05, 4.69) is 15.0 Å². The number of aromatic nitrogens is 1. The summed E-state index contributed by atoms with van der Waals surface area (Å²) in [5.74, 6) is 0. The maximum absolute atomic E-state index is 13.8. The van der Waals surface area contributed by atoms with Crippen LogP contribution in [0, 0.1) is 0 Å². The molecule has 10 nitrogen and oxygen atoms in total. The minimum Gasteiger partial charge on any atom is -0.447 e. The standard InChI is InChI=1S/C33H36N4O6S2/c1-21(2)42-31(38)35-24-13-11-23(12-14-24)30-34-19-28(44-30)27-16-15-25(18-29(27)45(40,41)36-33(3,4)5)37-20-26(43-32(37)39)17-22-9-7-6-8-10-22/h6-16,18-19,21,26,36H,17,20H2,1-5H3,(H,35,38). The molecule has 12 heteroatoms. The van der Waals surface area contributed by atoms with E-state index < -0.39 is 27.7 Å². The molecule has 2 heterocycles. The Kier molecular flexibility index (Phi) is 9.28. The topological polar surface area (TPSA) is 127 Å². The Labute approximate surface area is 267 Å². The van der Waals surface area contributed by atoms with Gasteiger partial charge in [0.15, 0.2) is 0 Å². The molecule has 2 N–H and O–H groups in total. The monoisotopic (exact) mass is 648 g/mol. The summed E-state index contributed by atoms with van der Waals surface area (Å²) in [6, 6.07) is 21.8. The lowest BCUT2D eigenvalue weighted by atomic mass is 10.1. The molecule has 0 saturated carbocycles. The highest BCUT2D eigenvalue weighted by Gasteiger charge is 2.34. The number of carbonyl (C=O) groups is 2. The predicted molar refractivity (Wildman–Crippen MR) is 176 cm³/mol. The molecule has 1 fully saturated rings. The number of nitrogens with zero attached hydrogens (tertiary/aromatic N) is 2. The van der Waals surface area contributed by atoms with Gasteiger partial charge in [-0.25, -0.2) is 27.7 Å². The van der Waals surface area contributed by atoms with Crippen molar-refractivity contribution in [3.63, 3.8) is 0 Å². The molecule has 0 bridgehead atoms. The van der Waals surface area contributed by atoms with Crippen LogP contribution in [-0.2, 0) is 25.9 Å². The molecule has 3 aromatic carbocycles. The number of cyclic esters (lactones) is 1. The van der Waals surface area contributed by atoms with E-state index in [1.165, 1.54) is 22.3 Å². The second-order valence-electron chi connectivity index (χ2n) is 12.0. The smallest absolute Gasteiger partial charge is 0.414 e. The predicted octanol–water partition coefficient (Wildman–Crippen LogP) is 7.08. The van der Waals surface area contributed by atoms with Crippen molar-refractivity contribution >= 4 is 44.9 Å². The van der Waals surface area contributed by atoms with Gasteiger partial charge >= 0.3 is 12.2 Å². The Balaban J connectivity index is 1.43. The number of carbonyl (C=O) groups excluding carboxylic acids is 2. The summed E-state index contributed by atoms with van der Waals surface area (Å²) in [5.41, 5.74) is 2.57. The summed E-state index contributed by atoms with van der Waals surface area (Å²) in [4.78, 5) is 31.5. The zero-order valence-electron chi connectivity index (χ0n) is 25.7. The molecule has 45 heavy (non-hydrogen) atoms. The molecule has 1 atom stereocenters. The van der Waals surface area contributed by atoms with Gasteiger partial charge in [0.1, 0.15) is 11.1 Å². The van der Waals surface area contributed by atoms with E-state index in [0.717, 1.165) is 11.1 Å². The fourth-order valence-electron chi connectivity index (χ4n) is 4.87. The van der Waals surface area contributed by atoms with Crippen molar-refractivity contribution in [1.82, 2.24) is 9.71 Å². The largest absolute Gasteiger partial charge is 0.447 e. The molecule has 2 amide bonds. The zero-order chi connectivity index (χ0) is 32.4. The minimum atomic E-state index is -4.01. The maximum Gasteiger partial charge on any atom is 0.414 e. The number of ether oxygens (including phenoxy) is 2. The first-order valence-electron chi connectivity index (χ1n) is 14.5. The lowest BCUT2D eigenvalue weighted by molar-refractivity contribution is 0.130. The molecule has 1 unspecified atom stereocenters. The molecule has 1 aliphatic heterocycles. The maximum atomic E-state index is 13.8. The first kappa shape index (κ1) is 32.1. The Morgan fingerprint density at radius 2 is 1.80 bits per heavy atom. The van der Waals surface area contributed by atoms with E-state index in [4.69, 9.17) is 9.47 Å². The molecular formula is C33H36N4O6S2. The second kappa shape index (κ2) is 13.0. The number of hydrogen-bond acceptors (Lipinski definition) is 8. The molecule has 0 aliphatic carbocycles. The van der Waals surface area contributed by atoms with E-state index in [9.17, 15) is 18.0 Å². The van der Waals surface area contributed by atoms with Gasteiger partial charge in [-0.2, -0.15) is 0 Å². The Morgan fingerprint density at radius 3 is 2.47 bits per heavy atom. The normalized spacial score (nSPS) is 15.3. The van der Waals surface area contributed by atoms with Gasteiger partial charge in [0.25, 0.3) is 0 Å². The van der Waals surface area contributed by atoms with Crippen LogP contribution in [0.25, 0.3) is 21.0 Å². The van der Waals surface area contributed by atoms with Gasteiger partial charge in [0.2, 0.25) is 10.0 Å². The zero-order valence-corrected chi connectivity index (χ0v) is 27.4. The van der Waals surface area contributed by atoms with Gasteiger partial charge in [-0.15, -0.1) is 11.3 Å². The molecule has 0 spiro atoms. The highest BCUT2D eigenvalue weighted by molar-refractivity contribution is 7.89. The Bertz CT molecular complexity index is 1780. The van der Waals surface area contributed by atoms with Crippen LogP contribution in [0.1, 0.15) is 40.2 Å². The van der Waals surface area contributed by atoms with Gasteiger partial charge in [0, 0.05) is 40.7 Å². The summed E-state index contributed by atoms with van der Waals surface area (Å²) in [6.07, 6.45) is 0.534. The Morgan fingerprint density at radius 1 is 1.09 bits per heavy atom. The van der Waals surface area contributed by atoms with Crippen LogP contribution in [0.5, 0.6) is 0 Å². The number of thiazole rings is 1. The summed E-state index contributed by atoms with van der Waals surface area (Å²) in [6.45, 7) is 9.15. The van der Waals surface area contributed by atoms with Crippen molar-refractivity contribution in [2.45, 2.75) is 63.7 Å². The van der Waals surface area contributed by atoms with E-state index >= 15 is 0 Å². The fourth-order valence-corrected chi connectivity index (χ4v) is 7.55. The lowest BCUT2D eigenvalue weighted by Gasteiger charge is -2.22. The summed E-state index contributed by atoms with van der Waals surface area (Å²) < 4.78 is 41.0. The van der Waals surface area contributed by atoms with E-state index in [-0.39, 0.29) is 17.1 Å². The molecule has 1 saturated heterocycles. The van der Waals surface area contributed by atoms with Crippen molar-refractivity contribution < 1.29 is 27.5 Å². The third kappa shape index (κ3) is 8.07. The van der Waals surface area contributed by atoms with Crippen molar-refractivity contribution in [2.24, 2.45) is 0 Å². The van der Waals surface area contributed by atoms with E-state index in [1.54, 1.807) is 65.1 Å². The molecular weight excluding hydrogens is 613 g/mol. The molecule has 1 aromatic heterocycles. The number of sulfonamides is 1. The van der Waals surface area contributed by atoms with Crippen molar-refractivity contribution in [3.8, 4) is 21.0 Å². The minimum absolute atomic E-state index is 0.0349. The molecule has 1 aliphatic rings. The summed E-state index contributed by atoms with van der Waals surface area (Å²) in [7, 11) is -4.01. The number of hydrogen-bond donors (Lipinski definition) is 2. The van der Waals surface area contributed by atoms with Gasteiger partial charge in [0.05, 0.1) is 22.4 Å². The molecule has 4 aromatic rings. The van der Waals surface area contributed by atoms with Crippen LogP contribution < -0.4 is 14.9 Å². The third-order valence-corrected chi connectivity index (χ3v) is 9.56. The number of anilines is 2. The average molecular weight is 649 g/mol. The molecule has 236 valence electrons. The average Bonchev–Trinajstić information content (AvgIpc) is 3.59. The highest BCUT2D eigenvalue weighted by Crippen LogP contribution is 2.38. The molecule has 0 radical (unpaired) electrons. The van der Waals surface area contributed by atoms with Gasteiger partial charge in [-0.3, -0.25) is 10.2 Å². The quantitative estimate of drug-likeness (QED) is 0.199.